The van der Waals surface area contributed by atoms with Crippen molar-refractivity contribution in [3.63, 3.8) is 0 Å². The molecule has 2 rings (SSSR count). The number of nitrogens with zero attached hydrogens (tertiary/aromatic N) is 2. The van der Waals surface area contributed by atoms with Gasteiger partial charge in [-0.2, -0.15) is 0 Å². The van der Waals surface area contributed by atoms with Crippen LogP contribution >= 0.6 is 0 Å². The zero-order valence-electron chi connectivity index (χ0n) is 10.9. The molecule has 0 aromatic carbocycles. The molecule has 0 radical (unpaired) electrons. The van der Waals surface area contributed by atoms with Gasteiger partial charge in [0.05, 0.1) is 0 Å². The quantitative estimate of drug-likeness (QED) is 0.731. The highest BCUT2D eigenvalue weighted by Crippen LogP contribution is 2.10. The van der Waals surface area contributed by atoms with Crippen LogP contribution in [-0.4, -0.2) is 34.9 Å². The second kappa shape index (κ2) is 5.50. The van der Waals surface area contributed by atoms with Crippen LogP contribution in [0.3, 0.4) is 0 Å². The zero-order chi connectivity index (χ0) is 12.3. The van der Waals surface area contributed by atoms with Gasteiger partial charge in [0.2, 0.25) is 0 Å². The Kier molecular flexibility index (Phi) is 4.00. The van der Waals surface area contributed by atoms with Gasteiger partial charge in [-0.25, -0.2) is 0 Å². The molecule has 1 aromatic heterocycles. The highest BCUT2D eigenvalue weighted by Gasteiger charge is 2.13. The molecule has 94 valence electrons. The highest BCUT2D eigenvalue weighted by atomic mass is 16.1. The van der Waals surface area contributed by atoms with Gasteiger partial charge in [-0.3, -0.25) is 4.79 Å². The van der Waals surface area contributed by atoms with Gasteiger partial charge in [0.15, 0.2) is 5.78 Å². The Bertz CT molecular complexity index is 375. The van der Waals surface area contributed by atoms with E-state index in [-0.39, 0.29) is 11.7 Å². The summed E-state index contributed by atoms with van der Waals surface area (Å²) in [5.74, 6) is 0.328. The predicted molar refractivity (Wildman–Crippen MR) is 69.3 cm³/mol. The van der Waals surface area contributed by atoms with Crippen LogP contribution in [0.4, 0.5) is 0 Å². The van der Waals surface area contributed by atoms with Crippen molar-refractivity contribution >= 4 is 5.78 Å². The van der Waals surface area contributed by atoms with Crippen LogP contribution in [0.5, 0.6) is 0 Å². The third-order valence-electron chi connectivity index (χ3n) is 3.43. The van der Waals surface area contributed by atoms with Crippen LogP contribution < -0.4 is 0 Å². The molecule has 0 atom stereocenters. The van der Waals surface area contributed by atoms with E-state index in [1.807, 2.05) is 32.3 Å². The van der Waals surface area contributed by atoms with Crippen molar-refractivity contribution in [3.8, 4) is 0 Å². The van der Waals surface area contributed by atoms with Crippen molar-refractivity contribution in [2.24, 2.45) is 5.92 Å². The Balaban J connectivity index is 1.87. The number of likely N-dealkylation sites (tertiary alicyclic amines) is 1. The third-order valence-corrected chi connectivity index (χ3v) is 3.43. The van der Waals surface area contributed by atoms with Gasteiger partial charge in [-0.1, -0.05) is 13.8 Å². The largest absolute Gasteiger partial charge is 0.352 e. The van der Waals surface area contributed by atoms with E-state index in [9.17, 15) is 4.79 Å². The fourth-order valence-electron chi connectivity index (χ4n) is 2.32. The maximum Gasteiger partial charge on any atom is 0.166 e. The maximum absolute atomic E-state index is 11.8. The molecule has 0 N–H and O–H groups in total. The van der Waals surface area contributed by atoms with Crippen molar-refractivity contribution in [2.75, 3.05) is 19.6 Å². The Morgan fingerprint density at radius 3 is 2.65 bits per heavy atom. The molecule has 3 nitrogen and oxygen atoms in total. The molecule has 1 fully saturated rings. The van der Waals surface area contributed by atoms with E-state index in [1.54, 1.807) is 0 Å². The summed E-state index contributed by atoms with van der Waals surface area (Å²) >= 11 is 0. The van der Waals surface area contributed by atoms with Crippen LogP contribution in [0.25, 0.3) is 0 Å². The van der Waals surface area contributed by atoms with Gasteiger partial charge in [-0.15, -0.1) is 0 Å². The van der Waals surface area contributed by atoms with Gasteiger partial charge in [0.1, 0.15) is 0 Å². The lowest BCUT2D eigenvalue weighted by Gasteiger charge is -2.14. The molecule has 1 aliphatic heterocycles. The van der Waals surface area contributed by atoms with Crippen LogP contribution in [-0.2, 0) is 6.54 Å². The standard InChI is InChI=1S/C14H22N2O/c1-12(2)14(17)13-5-8-16(11-13)10-9-15-6-3-4-7-15/h5,8,11-12H,3-4,6-7,9-10H2,1-2H3. The van der Waals surface area contributed by atoms with Gasteiger partial charge < -0.3 is 9.47 Å². The summed E-state index contributed by atoms with van der Waals surface area (Å²) in [5.41, 5.74) is 0.849. The molecule has 0 spiro atoms. The van der Waals surface area contributed by atoms with E-state index < -0.39 is 0 Å². The molecular weight excluding hydrogens is 212 g/mol. The lowest BCUT2D eigenvalue weighted by atomic mass is 10.0. The number of carbonyl (C=O) groups is 1. The van der Waals surface area contributed by atoms with Crippen molar-refractivity contribution in [3.05, 3.63) is 24.0 Å². The fourth-order valence-corrected chi connectivity index (χ4v) is 2.32. The van der Waals surface area contributed by atoms with Crippen LogP contribution in [0.1, 0.15) is 37.0 Å². The lowest BCUT2D eigenvalue weighted by Crippen LogP contribution is -2.23. The average Bonchev–Trinajstić information content (AvgIpc) is 2.96. The SMILES string of the molecule is CC(C)C(=O)c1ccn(CCN2CCCC2)c1. The summed E-state index contributed by atoms with van der Waals surface area (Å²) in [7, 11) is 0. The topological polar surface area (TPSA) is 25.2 Å². The second-order valence-electron chi connectivity index (χ2n) is 5.21. The second-order valence-corrected chi connectivity index (χ2v) is 5.21. The minimum Gasteiger partial charge on any atom is -0.352 e. The number of Topliss-reactive ketones (excluding diaryl/α,β-unsaturated/α-hetero) is 1. The molecule has 17 heavy (non-hydrogen) atoms. The van der Waals surface area contributed by atoms with Gasteiger partial charge >= 0.3 is 0 Å². The smallest absolute Gasteiger partial charge is 0.166 e. The fraction of sp³-hybridized carbons (Fsp3) is 0.643. The van der Waals surface area contributed by atoms with Gasteiger partial charge in [0.25, 0.3) is 0 Å². The molecule has 0 bridgehead atoms. The minimum absolute atomic E-state index is 0.0874. The number of hydrogen-bond acceptors (Lipinski definition) is 2. The first-order chi connectivity index (χ1) is 8.16. The van der Waals surface area contributed by atoms with E-state index in [0.717, 1.165) is 18.7 Å². The Morgan fingerprint density at radius 2 is 2.00 bits per heavy atom. The normalized spacial score (nSPS) is 16.9. The summed E-state index contributed by atoms with van der Waals surface area (Å²) in [6.45, 7) is 8.46. The molecule has 1 aliphatic rings. The average molecular weight is 234 g/mol. The van der Waals surface area contributed by atoms with E-state index in [2.05, 4.69) is 9.47 Å². The molecule has 1 saturated heterocycles. The summed E-state index contributed by atoms with van der Waals surface area (Å²) in [5, 5.41) is 0. The van der Waals surface area contributed by atoms with Crippen LogP contribution in [0.15, 0.2) is 18.5 Å². The monoisotopic (exact) mass is 234 g/mol. The molecule has 2 heterocycles. The Morgan fingerprint density at radius 1 is 1.29 bits per heavy atom. The zero-order valence-corrected chi connectivity index (χ0v) is 10.9. The third kappa shape index (κ3) is 3.19. The van der Waals surface area contributed by atoms with E-state index in [4.69, 9.17) is 0 Å². The van der Waals surface area contributed by atoms with Crippen LogP contribution in [0, 0.1) is 5.92 Å². The highest BCUT2D eigenvalue weighted by molar-refractivity contribution is 5.97. The first-order valence-electron chi connectivity index (χ1n) is 6.59. The van der Waals surface area contributed by atoms with Crippen LogP contribution in [0.2, 0.25) is 0 Å². The number of ketones is 1. The van der Waals surface area contributed by atoms with E-state index >= 15 is 0 Å². The Hall–Kier alpha value is -1.09. The number of aromatic nitrogens is 1. The maximum atomic E-state index is 11.8. The number of hydrogen-bond donors (Lipinski definition) is 0. The summed E-state index contributed by atoms with van der Waals surface area (Å²) < 4.78 is 2.13. The van der Waals surface area contributed by atoms with Crippen molar-refractivity contribution in [1.82, 2.24) is 9.47 Å². The molecule has 3 heteroatoms. The Labute approximate surface area is 103 Å². The molecule has 0 saturated carbocycles. The van der Waals surface area contributed by atoms with Gasteiger partial charge in [0, 0.05) is 37.0 Å². The molecule has 0 aliphatic carbocycles. The first-order valence-corrected chi connectivity index (χ1v) is 6.59. The first kappa shape index (κ1) is 12.4. The number of rotatable bonds is 5. The molecule has 0 unspecified atom stereocenters. The van der Waals surface area contributed by atoms with Gasteiger partial charge in [-0.05, 0) is 32.0 Å². The van der Waals surface area contributed by atoms with E-state index in [0.29, 0.717) is 0 Å². The number of carbonyl (C=O) groups excluding carboxylic acids is 1. The molecular formula is C14H22N2O. The predicted octanol–water partition coefficient (Wildman–Crippen LogP) is 2.42. The van der Waals surface area contributed by atoms with Crippen molar-refractivity contribution in [1.29, 1.82) is 0 Å². The molecule has 0 amide bonds. The van der Waals surface area contributed by atoms with E-state index in [1.165, 1.54) is 25.9 Å². The van der Waals surface area contributed by atoms with Crippen molar-refractivity contribution in [2.45, 2.75) is 33.2 Å². The lowest BCUT2D eigenvalue weighted by molar-refractivity contribution is 0.0939. The summed E-state index contributed by atoms with van der Waals surface area (Å²) in [6.07, 6.45) is 6.68. The minimum atomic E-state index is 0.0874. The summed E-state index contributed by atoms with van der Waals surface area (Å²) in [4.78, 5) is 14.3. The molecule has 1 aromatic rings. The summed E-state index contributed by atoms with van der Waals surface area (Å²) in [6, 6.07) is 1.94. The van der Waals surface area contributed by atoms with Crippen molar-refractivity contribution < 1.29 is 4.79 Å².